The standard InChI is InChI=1S/C15H24IN3O3/c1-5-21-13-12(16)10-19(17-13)11-6-8-18(9-7-11)14(20)22-15(2,3)4/h10-11H,5-9H2,1-4H3. The van der Waals surface area contributed by atoms with Crippen LogP contribution in [0.4, 0.5) is 4.79 Å². The average Bonchev–Trinajstić information content (AvgIpc) is 2.79. The van der Waals surface area contributed by atoms with Gasteiger partial charge in [0, 0.05) is 19.3 Å². The Morgan fingerprint density at radius 2 is 2.05 bits per heavy atom. The Hall–Kier alpha value is -0.990. The number of carbonyl (C=O) groups is 1. The molecule has 1 aromatic heterocycles. The molecule has 0 saturated carbocycles. The largest absolute Gasteiger partial charge is 0.476 e. The van der Waals surface area contributed by atoms with Gasteiger partial charge in [0.25, 0.3) is 0 Å². The highest BCUT2D eigenvalue weighted by molar-refractivity contribution is 14.1. The molecule has 0 spiro atoms. The molecule has 0 aromatic carbocycles. The minimum atomic E-state index is -0.446. The van der Waals surface area contributed by atoms with E-state index in [-0.39, 0.29) is 6.09 Å². The zero-order valence-electron chi connectivity index (χ0n) is 13.6. The molecule has 0 bridgehead atoms. The maximum Gasteiger partial charge on any atom is 0.410 e. The quantitative estimate of drug-likeness (QED) is 0.702. The van der Waals surface area contributed by atoms with E-state index in [2.05, 4.69) is 27.7 Å². The summed E-state index contributed by atoms with van der Waals surface area (Å²) in [7, 11) is 0. The number of aromatic nitrogens is 2. The van der Waals surface area contributed by atoms with Gasteiger partial charge in [-0.25, -0.2) is 4.79 Å². The first-order chi connectivity index (χ1) is 10.3. The zero-order chi connectivity index (χ0) is 16.3. The van der Waals surface area contributed by atoms with Crippen LogP contribution in [0.1, 0.15) is 46.6 Å². The number of carbonyl (C=O) groups excluding carboxylic acids is 1. The fourth-order valence-corrected chi connectivity index (χ4v) is 2.96. The van der Waals surface area contributed by atoms with Crippen LogP contribution in [0.5, 0.6) is 5.88 Å². The Kier molecular flexibility index (Phi) is 5.57. The molecule has 1 aliphatic rings. The minimum absolute atomic E-state index is 0.226. The van der Waals surface area contributed by atoms with Gasteiger partial charge in [-0.2, -0.15) is 0 Å². The number of ether oxygens (including phenoxy) is 2. The molecule has 6 nitrogen and oxygen atoms in total. The van der Waals surface area contributed by atoms with E-state index in [1.54, 1.807) is 4.90 Å². The van der Waals surface area contributed by atoms with Crippen molar-refractivity contribution in [2.24, 2.45) is 0 Å². The number of rotatable bonds is 3. The summed E-state index contributed by atoms with van der Waals surface area (Å²) in [6.45, 7) is 9.62. The Labute approximate surface area is 145 Å². The van der Waals surface area contributed by atoms with Crippen molar-refractivity contribution in [1.29, 1.82) is 0 Å². The van der Waals surface area contributed by atoms with E-state index in [0.717, 1.165) is 16.4 Å². The molecule has 1 aliphatic heterocycles. The molecule has 124 valence electrons. The van der Waals surface area contributed by atoms with E-state index < -0.39 is 5.60 Å². The van der Waals surface area contributed by atoms with Crippen molar-refractivity contribution in [2.75, 3.05) is 19.7 Å². The first kappa shape index (κ1) is 17.4. The van der Waals surface area contributed by atoms with Gasteiger partial charge in [0.05, 0.1) is 16.2 Å². The lowest BCUT2D eigenvalue weighted by Crippen LogP contribution is -2.42. The lowest BCUT2D eigenvalue weighted by Gasteiger charge is -2.33. The summed E-state index contributed by atoms with van der Waals surface area (Å²) in [5.74, 6) is 0.692. The number of likely N-dealkylation sites (tertiary alicyclic amines) is 1. The first-order valence-electron chi connectivity index (χ1n) is 7.65. The van der Waals surface area contributed by atoms with Crippen LogP contribution in [0.2, 0.25) is 0 Å². The van der Waals surface area contributed by atoms with Crippen molar-refractivity contribution in [3.05, 3.63) is 9.77 Å². The van der Waals surface area contributed by atoms with Crippen LogP contribution >= 0.6 is 22.6 Å². The molecule has 0 aliphatic carbocycles. The van der Waals surface area contributed by atoms with Crippen molar-refractivity contribution >= 4 is 28.7 Å². The van der Waals surface area contributed by atoms with Crippen molar-refractivity contribution in [3.63, 3.8) is 0 Å². The van der Waals surface area contributed by atoms with Gasteiger partial charge in [0.15, 0.2) is 0 Å². The average molecular weight is 421 g/mol. The Morgan fingerprint density at radius 3 is 2.59 bits per heavy atom. The molecule has 1 fully saturated rings. The molecule has 1 amide bonds. The number of amides is 1. The molecular formula is C15H24IN3O3. The number of nitrogens with zero attached hydrogens (tertiary/aromatic N) is 3. The van der Waals surface area contributed by atoms with Crippen LogP contribution in [0, 0.1) is 3.57 Å². The summed E-state index contributed by atoms with van der Waals surface area (Å²) in [6, 6.07) is 0.307. The van der Waals surface area contributed by atoms with Gasteiger partial charge < -0.3 is 14.4 Å². The fourth-order valence-electron chi connectivity index (χ4n) is 2.41. The second-order valence-corrected chi connectivity index (χ2v) is 7.56. The van der Waals surface area contributed by atoms with E-state index in [9.17, 15) is 4.79 Å². The monoisotopic (exact) mass is 421 g/mol. The van der Waals surface area contributed by atoms with E-state index in [0.29, 0.717) is 31.6 Å². The second kappa shape index (κ2) is 7.06. The van der Waals surface area contributed by atoms with Crippen molar-refractivity contribution in [3.8, 4) is 5.88 Å². The zero-order valence-corrected chi connectivity index (χ0v) is 15.8. The minimum Gasteiger partial charge on any atom is -0.476 e. The Balaban J connectivity index is 1.92. The Morgan fingerprint density at radius 1 is 1.41 bits per heavy atom. The molecule has 1 aromatic rings. The third-order valence-electron chi connectivity index (χ3n) is 3.43. The predicted octanol–water partition coefficient (Wildman–Crippen LogP) is 3.46. The number of piperidine rings is 1. The summed E-state index contributed by atoms with van der Waals surface area (Å²) >= 11 is 2.24. The smallest absolute Gasteiger partial charge is 0.410 e. The van der Waals surface area contributed by atoms with Gasteiger partial charge >= 0.3 is 6.09 Å². The lowest BCUT2D eigenvalue weighted by atomic mass is 10.1. The third kappa shape index (κ3) is 4.50. The molecule has 22 heavy (non-hydrogen) atoms. The SMILES string of the molecule is CCOc1nn(C2CCN(C(=O)OC(C)(C)C)CC2)cc1I. The molecular weight excluding hydrogens is 397 g/mol. The molecule has 7 heteroatoms. The van der Waals surface area contributed by atoms with E-state index in [4.69, 9.17) is 9.47 Å². The lowest BCUT2D eigenvalue weighted by molar-refractivity contribution is 0.0184. The normalized spacial score (nSPS) is 16.7. The fraction of sp³-hybridized carbons (Fsp3) is 0.733. The van der Waals surface area contributed by atoms with Crippen LogP contribution in [-0.4, -0.2) is 46.1 Å². The molecule has 0 radical (unpaired) electrons. The molecule has 0 atom stereocenters. The van der Waals surface area contributed by atoms with Crippen LogP contribution in [0.3, 0.4) is 0 Å². The van der Waals surface area contributed by atoms with Crippen LogP contribution in [0.15, 0.2) is 6.20 Å². The van der Waals surface area contributed by atoms with E-state index in [1.165, 1.54) is 0 Å². The van der Waals surface area contributed by atoms with E-state index >= 15 is 0 Å². The van der Waals surface area contributed by atoms with Crippen LogP contribution in [-0.2, 0) is 4.74 Å². The molecule has 0 N–H and O–H groups in total. The highest BCUT2D eigenvalue weighted by Gasteiger charge is 2.28. The van der Waals surface area contributed by atoms with Gasteiger partial charge in [-0.1, -0.05) is 0 Å². The van der Waals surface area contributed by atoms with Gasteiger partial charge in [-0.3, -0.25) is 4.68 Å². The summed E-state index contributed by atoms with van der Waals surface area (Å²) < 4.78 is 13.9. The summed E-state index contributed by atoms with van der Waals surface area (Å²) in [6.07, 6.45) is 3.54. The van der Waals surface area contributed by atoms with Crippen molar-refractivity contribution in [1.82, 2.24) is 14.7 Å². The number of hydrogen-bond donors (Lipinski definition) is 0. The van der Waals surface area contributed by atoms with Gasteiger partial charge in [0.2, 0.25) is 5.88 Å². The summed E-state index contributed by atoms with van der Waals surface area (Å²) in [4.78, 5) is 13.8. The number of halogens is 1. The maximum atomic E-state index is 12.1. The molecule has 1 saturated heterocycles. The predicted molar refractivity (Wildman–Crippen MR) is 92.2 cm³/mol. The molecule has 2 heterocycles. The van der Waals surface area contributed by atoms with E-state index in [1.807, 2.05) is 38.6 Å². The summed E-state index contributed by atoms with van der Waals surface area (Å²) in [5, 5.41) is 4.50. The van der Waals surface area contributed by atoms with Gasteiger partial charge in [-0.15, -0.1) is 5.10 Å². The maximum absolute atomic E-state index is 12.1. The third-order valence-corrected chi connectivity index (χ3v) is 4.17. The van der Waals surface area contributed by atoms with Gasteiger partial charge in [0.1, 0.15) is 5.60 Å². The Bertz CT molecular complexity index is 517. The highest BCUT2D eigenvalue weighted by Crippen LogP contribution is 2.27. The van der Waals surface area contributed by atoms with Crippen molar-refractivity contribution in [2.45, 2.75) is 52.2 Å². The molecule has 0 unspecified atom stereocenters. The first-order valence-corrected chi connectivity index (χ1v) is 8.73. The van der Waals surface area contributed by atoms with Crippen LogP contribution < -0.4 is 4.74 Å². The highest BCUT2D eigenvalue weighted by atomic mass is 127. The second-order valence-electron chi connectivity index (χ2n) is 6.39. The van der Waals surface area contributed by atoms with Crippen LogP contribution in [0.25, 0.3) is 0 Å². The van der Waals surface area contributed by atoms with Gasteiger partial charge in [-0.05, 0) is 63.1 Å². The van der Waals surface area contributed by atoms with Crippen molar-refractivity contribution < 1.29 is 14.3 Å². The topological polar surface area (TPSA) is 56.6 Å². The number of hydrogen-bond acceptors (Lipinski definition) is 4. The molecule has 2 rings (SSSR count). The summed E-state index contributed by atoms with van der Waals surface area (Å²) in [5.41, 5.74) is -0.446.